The molecule has 44 heavy (non-hydrogen) atoms. The van der Waals surface area contributed by atoms with Crippen LogP contribution in [0.15, 0.2) is 66.7 Å². The van der Waals surface area contributed by atoms with Gasteiger partial charge in [-0.2, -0.15) is 0 Å². The van der Waals surface area contributed by atoms with Gasteiger partial charge in [0.15, 0.2) is 0 Å². The molecule has 0 N–H and O–H groups in total. The average molecular weight is 599 g/mol. The third-order valence-corrected chi connectivity index (χ3v) is 8.72. The van der Waals surface area contributed by atoms with Gasteiger partial charge in [-0.25, -0.2) is 4.79 Å². The second-order valence-corrected chi connectivity index (χ2v) is 12.4. The first-order valence-corrected chi connectivity index (χ1v) is 17.5. The van der Waals surface area contributed by atoms with Crippen LogP contribution in [0.25, 0.3) is 11.1 Å². The summed E-state index contributed by atoms with van der Waals surface area (Å²) in [6.07, 6.45) is 21.6. The number of esters is 1. The van der Waals surface area contributed by atoms with Crippen LogP contribution in [-0.2, 0) is 6.42 Å². The van der Waals surface area contributed by atoms with Crippen molar-refractivity contribution < 1.29 is 19.0 Å². The van der Waals surface area contributed by atoms with Crippen LogP contribution in [0.4, 0.5) is 0 Å². The third-order valence-electron chi connectivity index (χ3n) is 8.72. The van der Waals surface area contributed by atoms with Gasteiger partial charge in [-0.05, 0) is 91.3 Å². The summed E-state index contributed by atoms with van der Waals surface area (Å²) < 4.78 is 17.9. The molecule has 3 aromatic carbocycles. The molecule has 238 valence electrons. The molecule has 1 heterocycles. The largest absolute Gasteiger partial charge is 0.494 e. The second kappa shape index (κ2) is 19.2. The first-order chi connectivity index (χ1) is 21.7. The second-order valence-electron chi connectivity index (χ2n) is 12.4. The quantitative estimate of drug-likeness (QED) is 0.0737. The Labute approximate surface area is 266 Å². The standard InChI is InChI=1S/C40H54O4/c1-3-5-7-9-10-11-12-13-14-16-30-42-36-24-18-32(19-25-36)33-20-26-38(27-21-33)44-40(41)35-23-29-39-34(31-35)22-28-37(43-39)17-15-8-6-4-2/h18-21,23-27,29,31,37H,3-17,22,28,30H2,1-2H3/t37-/m0/s1. The number of rotatable bonds is 20. The summed E-state index contributed by atoms with van der Waals surface area (Å²) in [6, 6.07) is 21.6. The molecule has 1 atom stereocenters. The topological polar surface area (TPSA) is 44.8 Å². The molecule has 0 fully saturated rings. The van der Waals surface area contributed by atoms with Gasteiger partial charge in [0, 0.05) is 0 Å². The molecule has 0 saturated carbocycles. The highest BCUT2D eigenvalue weighted by molar-refractivity contribution is 5.91. The first-order valence-electron chi connectivity index (χ1n) is 17.5. The molecule has 0 aromatic heterocycles. The lowest BCUT2D eigenvalue weighted by atomic mass is 9.97. The minimum atomic E-state index is -0.342. The number of fused-ring (bicyclic) bond motifs is 1. The van der Waals surface area contributed by atoms with E-state index >= 15 is 0 Å². The summed E-state index contributed by atoms with van der Waals surface area (Å²) in [4.78, 5) is 12.9. The molecule has 4 rings (SSSR count). The van der Waals surface area contributed by atoms with Crippen LogP contribution in [0, 0.1) is 0 Å². The fourth-order valence-electron chi connectivity index (χ4n) is 5.98. The van der Waals surface area contributed by atoms with Gasteiger partial charge in [0.2, 0.25) is 0 Å². The number of hydrogen-bond acceptors (Lipinski definition) is 4. The van der Waals surface area contributed by atoms with Gasteiger partial charge in [-0.3, -0.25) is 0 Å². The van der Waals surface area contributed by atoms with Crippen molar-refractivity contribution in [1.29, 1.82) is 0 Å². The number of ether oxygens (including phenoxy) is 3. The summed E-state index contributed by atoms with van der Waals surface area (Å²) in [5.74, 6) is 2.02. The van der Waals surface area contributed by atoms with Crippen LogP contribution >= 0.6 is 0 Å². The Balaban J connectivity index is 1.16. The number of aryl methyl sites for hydroxylation is 1. The van der Waals surface area contributed by atoms with Gasteiger partial charge in [0.25, 0.3) is 0 Å². The maximum absolute atomic E-state index is 12.9. The lowest BCUT2D eigenvalue weighted by Gasteiger charge is -2.26. The van der Waals surface area contributed by atoms with Crippen LogP contribution in [0.5, 0.6) is 17.2 Å². The summed E-state index contributed by atoms with van der Waals surface area (Å²) in [7, 11) is 0. The van der Waals surface area contributed by atoms with Crippen LogP contribution in [-0.4, -0.2) is 18.7 Å². The van der Waals surface area contributed by atoms with E-state index in [0.717, 1.165) is 60.5 Å². The van der Waals surface area contributed by atoms with Gasteiger partial charge in [0.05, 0.1) is 18.3 Å². The molecule has 0 saturated heterocycles. The van der Waals surface area contributed by atoms with Crippen molar-refractivity contribution in [3.8, 4) is 28.4 Å². The minimum Gasteiger partial charge on any atom is -0.494 e. The zero-order valence-electron chi connectivity index (χ0n) is 27.3. The molecule has 3 aromatic rings. The molecular formula is C40H54O4. The third kappa shape index (κ3) is 11.3. The van der Waals surface area contributed by atoms with Gasteiger partial charge in [0.1, 0.15) is 17.2 Å². The highest BCUT2D eigenvalue weighted by Gasteiger charge is 2.21. The molecule has 0 unspecified atom stereocenters. The lowest BCUT2D eigenvalue weighted by Crippen LogP contribution is -2.23. The van der Waals surface area contributed by atoms with E-state index in [9.17, 15) is 4.79 Å². The highest BCUT2D eigenvalue weighted by Crippen LogP contribution is 2.31. The summed E-state index contributed by atoms with van der Waals surface area (Å²) in [5, 5.41) is 0. The summed E-state index contributed by atoms with van der Waals surface area (Å²) in [5.41, 5.74) is 3.83. The van der Waals surface area contributed by atoms with Crippen molar-refractivity contribution >= 4 is 5.97 Å². The number of benzene rings is 3. The lowest BCUT2D eigenvalue weighted by molar-refractivity contribution is 0.0734. The van der Waals surface area contributed by atoms with Crippen molar-refractivity contribution in [2.45, 2.75) is 129 Å². The molecule has 0 bridgehead atoms. The van der Waals surface area contributed by atoms with Gasteiger partial charge in [-0.1, -0.05) is 115 Å². The zero-order chi connectivity index (χ0) is 30.8. The van der Waals surface area contributed by atoms with E-state index < -0.39 is 0 Å². The smallest absolute Gasteiger partial charge is 0.343 e. The van der Waals surface area contributed by atoms with E-state index in [-0.39, 0.29) is 12.1 Å². The minimum absolute atomic E-state index is 0.286. The fraction of sp³-hybridized carbons (Fsp3) is 0.525. The maximum Gasteiger partial charge on any atom is 0.343 e. The van der Waals surface area contributed by atoms with Crippen LogP contribution < -0.4 is 14.2 Å². The fourth-order valence-corrected chi connectivity index (χ4v) is 5.98. The highest BCUT2D eigenvalue weighted by atomic mass is 16.5. The molecule has 0 radical (unpaired) electrons. The van der Waals surface area contributed by atoms with Crippen LogP contribution in [0.3, 0.4) is 0 Å². The van der Waals surface area contributed by atoms with Gasteiger partial charge < -0.3 is 14.2 Å². The van der Waals surface area contributed by atoms with E-state index in [2.05, 4.69) is 26.0 Å². The van der Waals surface area contributed by atoms with Crippen molar-refractivity contribution in [3.63, 3.8) is 0 Å². The van der Waals surface area contributed by atoms with Crippen LogP contribution in [0.2, 0.25) is 0 Å². The van der Waals surface area contributed by atoms with Crippen molar-refractivity contribution in [1.82, 2.24) is 0 Å². The van der Waals surface area contributed by atoms with Crippen molar-refractivity contribution in [2.75, 3.05) is 6.61 Å². The first kappa shape index (κ1) is 33.6. The molecule has 4 heteroatoms. The Morgan fingerprint density at radius 2 is 1.25 bits per heavy atom. The molecule has 4 nitrogen and oxygen atoms in total. The monoisotopic (exact) mass is 598 g/mol. The van der Waals surface area contributed by atoms with E-state index in [0.29, 0.717) is 11.3 Å². The average Bonchev–Trinajstić information content (AvgIpc) is 3.06. The predicted octanol–water partition coefficient (Wildman–Crippen LogP) is 11.5. The van der Waals surface area contributed by atoms with E-state index in [4.69, 9.17) is 14.2 Å². The number of hydrogen-bond donors (Lipinski definition) is 0. The maximum atomic E-state index is 12.9. The van der Waals surface area contributed by atoms with E-state index in [1.807, 2.05) is 54.6 Å². The summed E-state index contributed by atoms with van der Waals surface area (Å²) in [6.45, 7) is 5.28. The van der Waals surface area contributed by atoms with Crippen LogP contribution in [0.1, 0.15) is 133 Å². The Morgan fingerprint density at radius 3 is 1.89 bits per heavy atom. The predicted molar refractivity (Wildman–Crippen MR) is 182 cm³/mol. The van der Waals surface area contributed by atoms with Crippen molar-refractivity contribution in [3.05, 3.63) is 77.9 Å². The normalized spacial score (nSPS) is 14.1. The number of unbranched alkanes of at least 4 members (excludes halogenated alkanes) is 12. The van der Waals surface area contributed by atoms with Gasteiger partial charge in [-0.15, -0.1) is 0 Å². The van der Waals surface area contributed by atoms with Gasteiger partial charge >= 0.3 is 5.97 Å². The molecule has 1 aliphatic rings. The SMILES string of the molecule is CCCCCCCCCCCCOc1ccc(-c2ccc(OC(=O)c3ccc4c(c3)CC[C@H](CCCCCC)O4)cc2)cc1. The molecule has 0 aliphatic carbocycles. The molecule has 1 aliphatic heterocycles. The Morgan fingerprint density at radius 1 is 0.682 bits per heavy atom. The Hall–Kier alpha value is -3.27. The van der Waals surface area contributed by atoms with E-state index in [1.54, 1.807) is 0 Å². The molecule has 0 spiro atoms. The number of carbonyl (C=O) groups excluding carboxylic acids is 1. The van der Waals surface area contributed by atoms with E-state index in [1.165, 1.54) is 83.5 Å². The molecular weight excluding hydrogens is 544 g/mol. The summed E-state index contributed by atoms with van der Waals surface area (Å²) >= 11 is 0. The zero-order valence-corrected chi connectivity index (χ0v) is 27.3. The number of carbonyl (C=O) groups is 1. The Kier molecular flexibility index (Phi) is 14.7. The Bertz CT molecular complexity index is 1230. The molecule has 0 amide bonds. The van der Waals surface area contributed by atoms with Crippen molar-refractivity contribution in [2.24, 2.45) is 0 Å².